The number of carbonyl (C=O) groups excluding carboxylic acids is 1. The summed E-state index contributed by atoms with van der Waals surface area (Å²) in [5, 5.41) is 0.396. The fourth-order valence-corrected chi connectivity index (χ4v) is 3.89. The van der Waals surface area contributed by atoms with Crippen LogP contribution in [-0.4, -0.2) is 14.9 Å². The largest absolute Gasteiger partial charge is 0.331 e. The van der Waals surface area contributed by atoms with Crippen molar-refractivity contribution in [1.29, 1.82) is 0 Å². The minimum atomic E-state index is -0.417. The first-order valence-electron chi connectivity index (χ1n) is 10.8. The van der Waals surface area contributed by atoms with Crippen molar-refractivity contribution in [3.63, 3.8) is 0 Å². The number of aryl methyl sites for hydroxylation is 1. The lowest BCUT2D eigenvalue weighted by molar-refractivity contribution is 0.0988. The van der Waals surface area contributed by atoms with Gasteiger partial charge in [0.2, 0.25) is 0 Å². The molecule has 6 heteroatoms. The van der Waals surface area contributed by atoms with Crippen LogP contribution in [0.3, 0.4) is 0 Å². The molecule has 0 aliphatic carbocycles. The molecule has 1 heterocycles. The molecule has 0 saturated carbocycles. The van der Waals surface area contributed by atoms with E-state index >= 15 is 0 Å². The number of benzene rings is 3. The van der Waals surface area contributed by atoms with Crippen LogP contribution in [0, 0.1) is 6.57 Å². The number of ketones is 1. The summed E-state index contributed by atoms with van der Waals surface area (Å²) in [6, 6.07) is 21.6. The molecule has 4 rings (SSSR count). The summed E-state index contributed by atoms with van der Waals surface area (Å²) in [7, 11) is 0. The SMILES string of the molecule is [C-]#[N+]c1ccc2c(=O)n(CCc3ccccc3)c(=O)n(Cc3ccc(C(=O)CC)cc3)c2c1. The summed E-state index contributed by atoms with van der Waals surface area (Å²) >= 11 is 0. The maximum Gasteiger partial charge on any atom is 0.331 e. The van der Waals surface area contributed by atoms with Gasteiger partial charge in [0.25, 0.3) is 5.56 Å². The van der Waals surface area contributed by atoms with Crippen LogP contribution in [0.25, 0.3) is 15.7 Å². The molecular formula is C27H23N3O3. The Kier molecular flexibility index (Phi) is 6.32. The van der Waals surface area contributed by atoms with E-state index in [0.717, 1.165) is 11.1 Å². The Hall–Kier alpha value is -4.24. The Morgan fingerprint density at radius 1 is 0.909 bits per heavy atom. The molecule has 0 aliphatic heterocycles. The van der Waals surface area contributed by atoms with E-state index in [1.54, 1.807) is 30.3 Å². The first kappa shape index (κ1) is 22.0. The summed E-state index contributed by atoms with van der Waals surface area (Å²) in [5.74, 6) is 0.0559. The van der Waals surface area contributed by atoms with E-state index in [1.807, 2.05) is 49.4 Å². The summed E-state index contributed by atoms with van der Waals surface area (Å²) in [5.41, 5.74) is 2.51. The second kappa shape index (κ2) is 9.49. The second-order valence-electron chi connectivity index (χ2n) is 7.85. The fraction of sp³-hybridized carbons (Fsp3) is 0.185. The van der Waals surface area contributed by atoms with Crippen LogP contribution in [0.5, 0.6) is 0 Å². The highest BCUT2D eigenvalue weighted by molar-refractivity contribution is 5.95. The third kappa shape index (κ3) is 4.53. The Morgan fingerprint density at radius 2 is 1.64 bits per heavy atom. The molecule has 4 aromatic rings. The van der Waals surface area contributed by atoms with Crippen LogP contribution < -0.4 is 11.2 Å². The molecule has 0 atom stereocenters. The van der Waals surface area contributed by atoms with E-state index in [9.17, 15) is 14.4 Å². The van der Waals surface area contributed by atoms with Crippen molar-refractivity contribution in [3.05, 3.63) is 122 Å². The van der Waals surface area contributed by atoms with Gasteiger partial charge in [-0.15, -0.1) is 0 Å². The normalized spacial score (nSPS) is 10.8. The zero-order chi connectivity index (χ0) is 23.4. The predicted octanol–water partition coefficient (Wildman–Crippen LogP) is 4.60. The Labute approximate surface area is 191 Å². The number of hydrogen-bond donors (Lipinski definition) is 0. The van der Waals surface area contributed by atoms with Gasteiger partial charge in [-0.25, -0.2) is 9.64 Å². The molecule has 3 aromatic carbocycles. The number of rotatable bonds is 7. The number of Topliss-reactive ketones (excluding diaryl/α,β-unsaturated/α-hetero) is 1. The van der Waals surface area contributed by atoms with Crippen LogP contribution >= 0.6 is 0 Å². The van der Waals surface area contributed by atoms with Crippen LogP contribution in [0.1, 0.15) is 34.8 Å². The lowest BCUT2D eigenvalue weighted by Crippen LogP contribution is -2.40. The maximum atomic E-state index is 13.4. The molecule has 0 spiro atoms. The molecule has 0 saturated heterocycles. The molecule has 0 N–H and O–H groups in total. The smallest absolute Gasteiger partial charge is 0.294 e. The van der Waals surface area contributed by atoms with Crippen LogP contribution in [0.4, 0.5) is 5.69 Å². The molecule has 1 aromatic heterocycles. The highest BCUT2D eigenvalue weighted by Crippen LogP contribution is 2.19. The molecule has 0 radical (unpaired) electrons. The van der Waals surface area contributed by atoms with Crippen molar-refractivity contribution >= 4 is 22.4 Å². The quantitative estimate of drug-likeness (QED) is 0.314. The summed E-state index contributed by atoms with van der Waals surface area (Å²) in [4.78, 5) is 42.0. The number of nitrogens with zero attached hydrogens (tertiary/aromatic N) is 3. The molecule has 6 nitrogen and oxygen atoms in total. The van der Waals surface area contributed by atoms with Gasteiger partial charge < -0.3 is 0 Å². The van der Waals surface area contributed by atoms with E-state index in [0.29, 0.717) is 35.0 Å². The number of fused-ring (bicyclic) bond motifs is 1. The van der Waals surface area contributed by atoms with Crippen molar-refractivity contribution in [1.82, 2.24) is 9.13 Å². The highest BCUT2D eigenvalue weighted by atomic mass is 16.2. The van der Waals surface area contributed by atoms with E-state index in [2.05, 4.69) is 4.85 Å². The van der Waals surface area contributed by atoms with Gasteiger partial charge in [-0.05, 0) is 23.6 Å². The monoisotopic (exact) mass is 437 g/mol. The molecule has 0 amide bonds. The van der Waals surface area contributed by atoms with Gasteiger partial charge in [0.1, 0.15) is 0 Å². The van der Waals surface area contributed by atoms with Gasteiger partial charge in [0.05, 0.1) is 18.5 Å². The Bertz CT molecular complexity index is 1470. The van der Waals surface area contributed by atoms with Crippen molar-refractivity contribution in [2.45, 2.75) is 32.9 Å². The number of aromatic nitrogens is 2. The van der Waals surface area contributed by atoms with Crippen molar-refractivity contribution in [2.75, 3.05) is 0 Å². The van der Waals surface area contributed by atoms with Crippen LogP contribution in [-0.2, 0) is 19.5 Å². The van der Waals surface area contributed by atoms with E-state index < -0.39 is 5.69 Å². The molecule has 0 fully saturated rings. The average molecular weight is 437 g/mol. The van der Waals surface area contributed by atoms with Crippen molar-refractivity contribution in [3.8, 4) is 0 Å². The summed E-state index contributed by atoms with van der Waals surface area (Å²) < 4.78 is 2.80. The highest BCUT2D eigenvalue weighted by Gasteiger charge is 2.14. The topological polar surface area (TPSA) is 65.4 Å². The second-order valence-corrected chi connectivity index (χ2v) is 7.85. The maximum absolute atomic E-state index is 13.4. The summed E-state index contributed by atoms with van der Waals surface area (Å²) in [6.45, 7) is 9.62. The predicted molar refractivity (Wildman–Crippen MR) is 129 cm³/mol. The standard InChI is InChI=1S/C27H23N3O3/c1-3-25(31)21-11-9-20(10-12-21)18-30-24-17-22(28-2)13-14-23(24)26(32)29(27(30)33)16-15-19-7-5-4-6-8-19/h4-14,17H,3,15-16,18H2,1H3. The van der Waals surface area contributed by atoms with Crippen molar-refractivity contribution < 1.29 is 4.79 Å². The van der Waals surface area contributed by atoms with Gasteiger partial charge >= 0.3 is 5.69 Å². The van der Waals surface area contributed by atoms with Gasteiger partial charge in [0, 0.05) is 24.0 Å². The molecular weight excluding hydrogens is 414 g/mol. The first-order valence-corrected chi connectivity index (χ1v) is 10.8. The molecule has 0 bridgehead atoms. The van der Waals surface area contributed by atoms with Gasteiger partial charge in [-0.2, -0.15) is 0 Å². The first-order chi connectivity index (χ1) is 16.0. The van der Waals surface area contributed by atoms with E-state index in [-0.39, 0.29) is 24.4 Å². The van der Waals surface area contributed by atoms with Gasteiger partial charge in [-0.1, -0.05) is 73.7 Å². The molecule has 0 unspecified atom stereocenters. The van der Waals surface area contributed by atoms with Gasteiger partial charge in [-0.3, -0.25) is 18.7 Å². The molecule has 33 heavy (non-hydrogen) atoms. The molecule has 164 valence electrons. The van der Waals surface area contributed by atoms with Crippen LogP contribution in [0.2, 0.25) is 0 Å². The minimum absolute atomic E-state index is 0.0559. The van der Waals surface area contributed by atoms with Crippen molar-refractivity contribution in [2.24, 2.45) is 0 Å². The van der Waals surface area contributed by atoms with E-state index in [1.165, 1.54) is 9.13 Å². The zero-order valence-corrected chi connectivity index (χ0v) is 18.3. The third-order valence-corrected chi connectivity index (χ3v) is 5.74. The van der Waals surface area contributed by atoms with E-state index in [4.69, 9.17) is 6.57 Å². The lowest BCUT2D eigenvalue weighted by Gasteiger charge is -2.15. The van der Waals surface area contributed by atoms with Crippen LogP contribution in [0.15, 0.2) is 82.4 Å². The van der Waals surface area contributed by atoms with Gasteiger partial charge in [0.15, 0.2) is 11.5 Å². The number of hydrogen-bond acceptors (Lipinski definition) is 3. The number of carbonyl (C=O) groups is 1. The lowest BCUT2D eigenvalue weighted by atomic mass is 10.1. The summed E-state index contributed by atoms with van der Waals surface area (Å²) in [6.07, 6.45) is 0.977. The fourth-order valence-electron chi connectivity index (χ4n) is 3.89. The Morgan fingerprint density at radius 3 is 2.30 bits per heavy atom. The zero-order valence-electron chi connectivity index (χ0n) is 18.3. The minimum Gasteiger partial charge on any atom is -0.294 e. The Balaban J connectivity index is 1.80. The molecule has 0 aliphatic rings. The average Bonchev–Trinajstić information content (AvgIpc) is 2.86. The third-order valence-electron chi connectivity index (χ3n) is 5.74.